The van der Waals surface area contributed by atoms with Crippen LogP contribution in [0.2, 0.25) is 0 Å². The molecule has 2 aliphatic carbocycles. The summed E-state index contributed by atoms with van der Waals surface area (Å²) in [6.45, 7) is 0. The second-order valence-electron chi connectivity index (χ2n) is 5.20. The molecule has 1 nitrogen and oxygen atoms in total. The molecule has 16 heavy (non-hydrogen) atoms. The van der Waals surface area contributed by atoms with Crippen molar-refractivity contribution in [3.8, 4) is 0 Å². The van der Waals surface area contributed by atoms with Crippen molar-refractivity contribution in [1.29, 1.82) is 0 Å². The molecule has 0 radical (unpaired) electrons. The Labute approximate surface area is 96.1 Å². The van der Waals surface area contributed by atoms with Crippen LogP contribution in [0.4, 0.5) is 4.39 Å². The minimum absolute atomic E-state index is 0.0168. The molecule has 2 aliphatic rings. The van der Waals surface area contributed by atoms with Crippen molar-refractivity contribution in [2.45, 2.75) is 43.6 Å². The molecule has 2 saturated carbocycles. The van der Waals surface area contributed by atoms with Crippen LogP contribution in [0.5, 0.6) is 0 Å². The van der Waals surface area contributed by atoms with Crippen LogP contribution < -0.4 is 5.32 Å². The molecule has 0 heterocycles. The molecule has 0 unspecified atom stereocenters. The van der Waals surface area contributed by atoms with E-state index in [0.29, 0.717) is 5.92 Å². The molecule has 1 aromatic rings. The van der Waals surface area contributed by atoms with Gasteiger partial charge in [-0.2, -0.15) is 0 Å². The van der Waals surface area contributed by atoms with Crippen LogP contribution in [-0.2, 0) is 5.54 Å². The highest BCUT2D eigenvalue weighted by Crippen LogP contribution is 2.45. The Bertz CT molecular complexity index is 400. The average Bonchev–Trinajstić information content (AvgIpc) is 3.03. The lowest BCUT2D eigenvalue weighted by atomic mass is 9.71. The van der Waals surface area contributed by atoms with Crippen molar-refractivity contribution < 1.29 is 4.39 Å². The first-order valence-electron chi connectivity index (χ1n) is 6.24. The zero-order valence-electron chi connectivity index (χ0n) is 9.72. The van der Waals surface area contributed by atoms with Gasteiger partial charge in [0.05, 0.1) is 0 Å². The lowest BCUT2D eigenvalue weighted by Gasteiger charge is -2.42. The molecule has 0 saturated heterocycles. The Hall–Kier alpha value is -0.890. The van der Waals surface area contributed by atoms with Gasteiger partial charge in [-0.1, -0.05) is 12.1 Å². The Balaban J connectivity index is 1.98. The van der Waals surface area contributed by atoms with E-state index in [0.717, 1.165) is 18.4 Å². The Morgan fingerprint density at radius 1 is 1.31 bits per heavy atom. The van der Waals surface area contributed by atoms with Gasteiger partial charge in [0.2, 0.25) is 0 Å². The molecule has 1 aromatic carbocycles. The quantitative estimate of drug-likeness (QED) is 0.822. The third-order valence-electron chi connectivity index (χ3n) is 4.25. The zero-order chi connectivity index (χ0) is 11.2. The van der Waals surface area contributed by atoms with Crippen LogP contribution in [0, 0.1) is 5.82 Å². The standard InChI is InChI=1S/C14H18FN/c1-16-14(7-2-8-14)11-5-6-13(15)12(9-11)10-3-4-10/h5-6,9-10,16H,2-4,7-8H2,1H3. The van der Waals surface area contributed by atoms with Gasteiger partial charge in [0.15, 0.2) is 0 Å². The molecule has 2 heteroatoms. The van der Waals surface area contributed by atoms with E-state index in [9.17, 15) is 4.39 Å². The molecule has 2 fully saturated rings. The van der Waals surface area contributed by atoms with E-state index < -0.39 is 0 Å². The first kappa shape index (κ1) is 10.3. The molecule has 3 rings (SSSR count). The maximum absolute atomic E-state index is 13.7. The van der Waals surface area contributed by atoms with E-state index >= 15 is 0 Å². The Morgan fingerprint density at radius 2 is 2.06 bits per heavy atom. The monoisotopic (exact) mass is 219 g/mol. The number of nitrogens with one attached hydrogen (secondary N) is 1. The van der Waals surface area contributed by atoms with Gasteiger partial charge >= 0.3 is 0 Å². The zero-order valence-corrected chi connectivity index (χ0v) is 9.72. The molecule has 0 atom stereocenters. The SMILES string of the molecule is CNC1(c2ccc(F)c(C3CC3)c2)CCC1. The summed E-state index contributed by atoms with van der Waals surface area (Å²) >= 11 is 0. The van der Waals surface area contributed by atoms with Crippen molar-refractivity contribution >= 4 is 0 Å². The number of halogens is 1. The van der Waals surface area contributed by atoms with Gasteiger partial charge in [-0.15, -0.1) is 0 Å². The minimum atomic E-state index is -0.0168. The maximum Gasteiger partial charge on any atom is 0.126 e. The number of hydrogen-bond acceptors (Lipinski definition) is 1. The normalized spacial score (nSPS) is 22.9. The van der Waals surface area contributed by atoms with Gasteiger partial charge < -0.3 is 5.32 Å². The van der Waals surface area contributed by atoms with E-state index in [1.165, 1.54) is 24.8 Å². The van der Waals surface area contributed by atoms with Crippen LogP contribution in [0.15, 0.2) is 18.2 Å². The molecule has 0 spiro atoms. The van der Waals surface area contributed by atoms with Crippen LogP contribution >= 0.6 is 0 Å². The molecule has 0 aromatic heterocycles. The number of rotatable bonds is 3. The molecule has 86 valence electrons. The smallest absolute Gasteiger partial charge is 0.126 e. The molecular formula is C14H18FN. The van der Waals surface area contributed by atoms with Crippen molar-refractivity contribution in [1.82, 2.24) is 5.32 Å². The van der Waals surface area contributed by atoms with Gasteiger partial charge in [0, 0.05) is 5.54 Å². The van der Waals surface area contributed by atoms with Crippen LogP contribution in [0.3, 0.4) is 0 Å². The third kappa shape index (κ3) is 1.47. The van der Waals surface area contributed by atoms with Crippen LogP contribution in [0.1, 0.15) is 49.1 Å². The highest BCUT2D eigenvalue weighted by molar-refractivity contribution is 5.35. The molecule has 1 N–H and O–H groups in total. The molecule has 0 bridgehead atoms. The third-order valence-corrected chi connectivity index (χ3v) is 4.25. The summed E-state index contributed by atoms with van der Waals surface area (Å²) in [6, 6.07) is 5.71. The second-order valence-corrected chi connectivity index (χ2v) is 5.20. The Kier molecular flexibility index (Phi) is 2.28. The van der Waals surface area contributed by atoms with Crippen molar-refractivity contribution in [2.75, 3.05) is 7.05 Å². The first-order valence-corrected chi connectivity index (χ1v) is 6.24. The second kappa shape index (κ2) is 3.56. The van der Waals surface area contributed by atoms with Crippen molar-refractivity contribution in [2.24, 2.45) is 0 Å². The van der Waals surface area contributed by atoms with E-state index in [4.69, 9.17) is 0 Å². The van der Waals surface area contributed by atoms with Crippen molar-refractivity contribution in [3.05, 3.63) is 35.1 Å². The summed E-state index contributed by atoms with van der Waals surface area (Å²) in [5, 5.41) is 3.41. The Morgan fingerprint density at radius 3 is 2.56 bits per heavy atom. The number of hydrogen-bond donors (Lipinski definition) is 1. The van der Waals surface area contributed by atoms with Gasteiger partial charge in [-0.05, 0) is 62.3 Å². The summed E-state index contributed by atoms with van der Waals surface area (Å²) < 4.78 is 13.7. The molecule has 0 aliphatic heterocycles. The fourth-order valence-corrected chi connectivity index (χ4v) is 2.76. The largest absolute Gasteiger partial charge is 0.310 e. The lowest BCUT2D eigenvalue weighted by Crippen LogP contribution is -2.46. The summed E-state index contributed by atoms with van der Waals surface area (Å²) in [7, 11) is 2.01. The summed E-state index contributed by atoms with van der Waals surface area (Å²) in [6.07, 6.45) is 5.95. The molecule has 0 amide bonds. The predicted molar refractivity (Wildman–Crippen MR) is 63.0 cm³/mol. The predicted octanol–water partition coefficient (Wildman–Crippen LogP) is 3.30. The van der Waals surface area contributed by atoms with Gasteiger partial charge in [-0.25, -0.2) is 4.39 Å². The average molecular weight is 219 g/mol. The van der Waals surface area contributed by atoms with Gasteiger partial charge in [0.1, 0.15) is 5.82 Å². The minimum Gasteiger partial charge on any atom is -0.310 e. The molecular weight excluding hydrogens is 201 g/mol. The van der Waals surface area contributed by atoms with Gasteiger partial charge in [-0.3, -0.25) is 0 Å². The maximum atomic E-state index is 13.7. The van der Waals surface area contributed by atoms with E-state index in [1.54, 1.807) is 6.07 Å². The van der Waals surface area contributed by atoms with E-state index in [1.807, 2.05) is 13.1 Å². The highest BCUT2D eigenvalue weighted by atomic mass is 19.1. The van der Waals surface area contributed by atoms with Crippen LogP contribution in [-0.4, -0.2) is 7.05 Å². The summed E-state index contributed by atoms with van der Waals surface area (Å²) in [5.74, 6) is 0.478. The fraction of sp³-hybridized carbons (Fsp3) is 0.571. The van der Waals surface area contributed by atoms with Crippen LogP contribution in [0.25, 0.3) is 0 Å². The van der Waals surface area contributed by atoms with Gasteiger partial charge in [0.25, 0.3) is 0 Å². The summed E-state index contributed by atoms with van der Waals surface area (Å²) in [4.78, 5) is 0. The fourth-order valence-electron chi connectivity index (χ4n) is 2.76. The summed E-state index contributed by atoms with van der Waals surface area (Å²) in [5.41, 5.74) is 2.36. The van der Waals surface area contributed by atoms with E-state index in [2.05, 4.69) is 11.4 Å². The van der Waals surface area contributed by atoms with E-state index in [-0.39, 0.29) is 11.4 Å². The first-order chi connectivity index (χ1) is 7.75. The topological polar surface area (TPSA) is 12.0 Å². The number of benzene rings is 1. The van der Waals surface area contributed by atoms with Crippen molar-refractivity contribution in [3.63, 3.8) is 0 Å². The highest BCUT2D eigenvalue weighted by Gasteiger charge is 2.38. The lowest BCUT2D eigenvalue weighted by molar-refractivity contribution is 0.201.